The minimum Gasteiger partial charge on any atom is -0.339 e. The van der Waals surface area contributed by atoms with Crippen LogP contribution in [0.15, 0.2) is 42.6 Å². The molecule has 0 saturated carbocycles. The predicted molar refractivity (Wildman–Crippen MR) is 105 cm³/mol. The Bertz CT molecular complexity index is 1420. The average molecular weight is 520 g/mol. The molecule has 1 radical (unpaired) electrons. The van der Waals surface area contributed by atoms with Crippen LogP contribution in [0.25, 0.3) is 27.3 Å². The molecule has 0 amide bonds. The van der Waals surface area contributed by atoms with Crippen LogP contribution in [0.1, 0.15) is 11.3 Å². The third kappa shape index (κ3) is 3.44. The number of pyridine rings is 1. The summed E-state index contributed by atoms with van der Waals surface area (Å²) in [4.78, 5) is 4.67. The van der Waals surface area contributed by atoms with E-state index in [1.165, 1.54) is 10.9 Å². The molecule has 0 aliphatic rings. The number of hydrogen-bond acceptors (Lipinski definition) is 1. The Labute approximate surface area is 171 Å². The normalized spacial score (nSPS) is 9.19. The Kier molecular flexibility index (Phi) is 5.32. The Balaban J connectivity index is 0.00000210. The van der Waals surface area contributed by atoms with Gasteiger partial charge in [-0.05, 0) is 59.8 Å². The predicted octanol–water partition coefficient (Wildman–Crippen LogP) is 3.74. The van der Waals surface area contributed by atoms with Gasteiger partial charge in [0.05, 0.1) is 5.65 Å². The zero-order chi connectivity index (χ0) is 17.9. The molecule has 0 aliphatic carbocycles. The molecule has 0 fully saturated rings. The van der Waals surface area contributed by atoms with Crippen LogP contribution < -0.4 is 0 Å². The quantitative estimate of drug-likeness (QED) is 0.197. The fourth-order valence-electron chi connectivity index (χ4n) is 2.95. The zero-order valence-corrected chi connectivity index (χ0v) is 16.7. The summed E-state index contributed by atoms with van der Waals surface area (Å²) in [6, 6.07) is 15.7. The first-order valence-corrected chi connectivity index (χ1v) is 7.96. The minimum absolute atomic E-state index is 0. The number of aryl methyl sites for hydroxylation is 1. The SMILES string of the molecule is C#CC#CC#CC#Cc1cn2c3ccc(C)cc3c3ccc[c-]c3c2n1.[Ir]. The second-order valence-electron chi connectivity index (χ2n) is 5.69. The molecule has 4 aromatic rings. The van der Waals surface area contributed by atoms with Crippen molar-refractivity contribution in [2.45, 2.75) is 6.92 Å². The monoisotopic (exact) mass is 520 g/mol. The van der Waals surface area contributed by atoms with E-state index >= 15 is 0 Å². The molecule has 2 aromatic heterocycles. The summed E-state index contributed by atoms with van der Waals surface area (Å²) in [7, 11) is 0. The molecule has 0 N–H and O–H groups in total. The molecular formula is C24H11IrN2-. The molecule has 3 heteroatoms. The van der Waals surface area contributed by atoms with E-state index in [4.69, 9.17) is 6.42 Å². The van der Waals surface area contributed by atoms with Crippen LogP contribution in [-0.4, -0.2) is 9.38 Å². The van der Waals surface area contributed by atoms with Gasteiger partial charge < -0.3 is 4.40 Å². The summed E-state index contributed by atoms with van der Waals surface area (Å²) in [6.45, 7) is 2.09. The van der Waals surface area contributed by atoms with Crippen LogP contribution >= 0.6 is 0 Å². The van der Waals surface area contributed by atoms with Crippen LogP contribution in [0, 0.1) is 60.9 Å². The number of benzene rings is 2. The maximum absolute atomic E-state index is 5.03. The van der Waals surface area contributed by atoms with Crippen molar-refractivity contribution < 1.29 is 20.1 Å². The first kappa shape index (κ1) is 18.3. The molecule has 0 saturated heterocycles. The topological polar surface area (TPSA) is 17.3 Å². The smallest absolute Gasteiger partial charge is 0.121 e. The van der Waals surface area contributed by atoms with Crippen LogP contribution in [-0.2, 0) is 20.1 Å². The number of rotatable bonds is 0. The molecule has 0 atom stereocenters. The molecule has 0 spiro atoms. The largest absolute Gasteiger partial charge is 0.339 e. The van der Waals surface area contributed by atoms with Crippen molar-refractivity contribution in [2.75, 3.05) is 0 Å². The molecule has 127 valence electrons. The summed E-state index contributed by atoms with van der Waals surface area (Å²) in [5.41, 5.74) is 3.78. The van der Waals surface area contributed by atoms with E-state index in [-0.39, 0.29) is 20.1 Å². The van der Waals surface area contributed by atoms with Crippen molar-refractivity contribution in [1.29, 1.82) is 0 Å². The first-order chi connectivity index (χ1) is 12.8. The van der Waals surface area contributed by atoms with Gasteiger partial charge in [-0.3, -0.25) is 4.98 Å². The second kappa shape index (κ2) is 7.83. The standard InChI is InChI=1S/C24H11N2.Ir/c1-3-4-5-6-7-8-11-19-17-26-23-15-14-18(2)16-22(23)20-12-9-10-13-21(20)24(26)25-19;/h1,9-10,12,14-17H,2H3;/q-1;. The number of aromatic nitrogens is 2. The van der Waals surface area contributed by atoms with Gasteiger partial charge in [-0.25, -0.2) is 0 Å². The third-order valence-electron chi connectivity index (χ3n) is 4.00. The van der Waals surface area contributed by atoms with Gasteiger partial charge in [0.2, 0.25) is 0 Å². The van der Waals surface area contributed by atoms with Crippen molar-refractivity contribution in [3.63, 3.8) is 0 Å². The van der Waals surface area contributed by atoms with E-state index in [1.54, 1.807) is 0 Å². The molecule has 4 rings (SSSR count). The summed E-state index contributed by atoms with van der Waals surface area (Å²) in [6.07, 6.45) is 6.96. The molecule has 0 bridgehead atoms. The van der Waals surface area contributed by atoms with E-state index in [1.807, 2.05) is 18.3 Å². The van der Waals surface area contributed by atoms with Crippen LogP contribution in [0.5, 0.6) is 0 Å². The third-order valence-corrected chi connectivity index (χ3v) is 4.00. The van der Waals surface area contributed by atoms with Crippen LogP contribution in [0.3, 0.4) is 0 Å². The Morgan fingerprint density at radius 3 is 2.70 bits per heavy atom. The second-order valence-corrected chi connectivity index (χ2v) is 5.69. The van der Waals surface area contributed by atoms with E-state index in [9.17, 15) is 0 Å². The number of nitrogens with zero attached hydrogens (tertiary/aromatic N) is 2. The fraction of sp³-hybridized carbons (Fsp3) is 0.0417. The summed E-state index contributed by atoms with van der Waals surface area (Å²) in [5, 5.41) is 3.28. The summed E-state index contributed by atoms with van der Waals surface area (Å²) < 4.78 is 2.06. The fourth-order valence-corrected chi connectivity index (χ4v) is 2.95. The molecule has 2 aromatic carbocycles. The number of terminal acetylenes is 1. The van der Waals surface area contributed by atoms with Gasteiger partial charge in [-0.1, -0.05) is 23.1 Å². The molecule has 2 heterocycles. The number of imidazole rings is 1. The minimum atomic E-state index is 0. The van der Waals surface area contributed by atoms with Gasteiger partial charge in [-0.2, -0.15) is 0 Å². The van der Waals surface area contributed by atoms with Crippen molar-refractivity contribution >= 4 is 27.3 Å². The molecular weight excluding hydrogens is 508 g/mol. The van der Waals surface area contributed by atoms with E-state index in [2.05, 4.69) is 88.1 Å². The first-order valence-electron chi connectivity index (χ1n) is 7.96. The van der Waals surface area contributed by atoms with Crippen molar-refractivity contribution in [2.24, 2.45) is 0 Å². The Morgan fingerprint density at radius 1 is 1.04 bits per heavy atom. The van der Waals surface area contributed by atoms with Gasteiger partial charge in [0.15, 0.2) is 0 Å². The van der Waals surface area contributed by atoms with Gasteiger partial charge in [0.1, 0.15) is 5.69 Å². The number of hydrogen-bond donors (Lipinski definition) is 0. The average Bonchev–Trinajstić information content (AvgIpc) is 3.09. The number of fused-ring (bicyclic) bond motifs is 6. The Morgan fingerprint density at radius 2 is 1.85 bits per heavy atom. The zero-order valence-electron chi connectivity index (χ0n) is 14.3. The van der Waals surface area contributed by atoms with Crippen LogP contribution in [0.2, 0.25) is 0 Å². The maximum Gasteiger partial charge on any atom is 0.121 e. The maximum atomic E-state index is 5.03. The summed E-state index contributed by atoms with van der Waals surface area (Å²) >= 11 is 0. The van der Waals surface area contributed by atoms with Gasteiger partial charge in [0.25, 0.3) is 0 Å². The van der Waals surface area contributed by atoms with Crippen molar-refractivity contribution in [3.8, 4) is 47.9 Å². The van der Waals surface area contributed by atoms with Crippen molar-refractivity contribution in [1.82, 2.24) is 9.38 Å². The molecule has 27 heavy (non-hydrogen) atoms. The van der Waals surface area contributed by atoms with E-state index in [0.29, 0.717) is 5.69 Å². The van der Waals surface area contributed by atoms with E-state index in [0.717, 1.165) is 21.9 Å². The van der Waals surface area contributed by atoms with Gasteiger partial charge in [0, 0.05) is 31.8 Å². The van der Waals surface area contributed by atoms with E-state index < -0.39 is 0 Å². The van der Waals surface area contributed by atoms with Crippen LogP contribution in [0.4, 0.5) is 0 Å². The van der Waals surface area contributed by atoms with Gasteiger partial charge >= 0.3 is 0 Å². The summed E-state index contributed by atoms with van der Waals surface area (Å²) in [5.74, 6) is 18.1. The molecule has 2 nitrogen and oxygen atoms in total. The molecule has 0 aliphatic heterocycles. The Hall–Kier alpha value is -3.46. The van der Waals surface area contributed by atoms with Crippen molar-refractivity contribution in [3.05, 3.63) is 59.9 Å². The molecule has 0 unspecified atom stereocenters. The van der Waals surface area contributed by atoms with Gasteiger partial charge in [-0.15, -0.1) is 36.1 Å².